The van der Waals surface area contributed by atoms with Crippen molar-refractivity contribution in [2.45, 2.75) is 51.5 Å². The zero-order valence-corrected chi connectivity index (χ0v) is 15.3. The van der Waals surface area contributed by atoms with Crippen LogP contribution in [0.1, 0.15) is 49.4 Å². The van der Waals surface area contributed by atoms with Gasteiger partial charge in [-0.3, -0.25) is 9.69 Å². The fourth-order valence-electron chi connectivity index (χ4n) is 3.79. The number of Topliss-reactive ketones (excluding diaryl/α,β-unsaturated/α-hetero) is 1. The second-order valence-electron chi connectivity index (χ2n) is 7.78. The zero-order chi connectivity index (χ0) is 17.8. The highest BCUT2D eigenvalue weighted by atomic mass is 16.5. The van der Waals surface area contributed by atoms with Crippen molar-refractivity contribution in [3.63, 3.8) is 0 Å². The number of piperidine rings is 1. The van der Waals surface area contributed by atoms with Crippen molar-refractivity contribution >= 4 is 5.78 Å². The molecule has 2 aromatic rings. The van der Waals surface area contributed by atoms with E-state index in [-0.39, 0.29) is 5.92 Å². The van der Waals surface area contributed by atoms with Crippen LogP contribution in [0.3, 0.4) is 0 Å². The van der Waals surface area contributed by atoms with Gasteiger partial charge in [0, 0.05) is 25.3 Å². The van der Waals surface area contributed by atoms with E-state index in [9.17, 15) is 4.79 Å². The molecule has 1 aromatic heterocycles. The number of aryl methyl sites for hydroxylation is 1. The lowest BCUT2D eigenvalue weighted by atomic mass is 9.90. The predicted octanol–water partition coefficient (Wildman–Crippen LogP) is 3.44. The van der Waals surface area contributed by atoms with Crippen molar-refractivity contribution < 1.29 is 9.32 Å². The van der Waals surface area contributed by atoms with E-state index < -0.39 is 0 Å². The van der Waals surface area contributed by atoms with Crippen molar-refractivity contribution in [2.24, 2.45) is 11.8 Å². The zero-order valence-electron chi connectivity index (χ0n) is 15.3. The maximum absolute atomic E-state index is 12.6. The lowest BCUT2D eigenvalue weighted by molar-refractivity contribution is -0.124. The van der Waals surface area contributed by atoms with Gasteiger partial charge in [0.25, 0.3) is 0 Å². The Hall–Kier alpha value is -2.01. The van der Waals surface area contributed by atoms with Crippen LogP contribution in [0.5, 0.6) is 0 Å². The number of hydrogen-bond donors (Lipinski definition) is 0. The van der Waals surface area contributed by atoms with E-state index in [4.69, 9.17) is 4.52 Å². The average Bonchev–Trinajstić information content (AvgIpc) is 3.38. The summed E-state index contributed by atoms with van der Waals surface area (Å²) in [4.78, 5) is 19.4. The van der Waals surface area contributed by atoms with E-state index in [2.05, 4.69) is 27.2 Å². The third-order valence-corrected chi connectivity index (χ3v) is 5.50. The van der Waals surface area contributed by atoms with Gasteiger partial charge in [0.1, 0.15) is 5.78 Å². The molecule has 1 atom stereocenters. The standard InChI is InChI=1S/C21H27N3O2/c25-19(11-10-16-5-2-1-3-6-16)18-7-4-12-24(14-18)15-21-22-20(23-26-21)13-17-8-9-17/h1-3,5-6,17-18H,4,7-15H2. The lowest BCUT2D eigenvalue weighted by Gasteiger charge is -2.30. The Morgan fingerprint density at radius 1 is 1.19 bits per heavy atom. The largest absolute Gasteiger partial charge is 0.338 e. The van der Waals surface area contributed by atoms with Crippen LogP contribution in [0.15, 0.2) is 34.9 Å². The fourth-order valence-corrected chi connectivity index (χ4v) is 3.79. The van der Waals surface area contributed by atoms with E-state index >= 15 is 0 Å². The minimum absolute atomic E-state index is 0.140. The van der Waals surface area contributed by atoms with Crippen molar-refractivity contribution in [3.05, 3.63) is 47.6 Å². The van der Waals surface area contributed by atoms with Gasteiger partial charge < -0.3 is 4.52 Å². The SMILES string of the molecule is O=C(CCc1ccccc1)C1CCCN(Cc2nc(CC3CC3)no2)C1. The summed E-state index contributed by atoms with van der Waals surface area (Å²) < 4.78 is 5.41. The predicted molar refractivity (Wildman–Crippen MR) is 98.5 cm³/mol. The molecule has 1 saturated carbocycles. The van der Waals surface area contributed by atoms with Crippen LogP contribution in [0.2, 0.25) is 0 Å². The first-order valence-electron chi connectivity index (χ1n) is 9.87. The lowest BCUT2D eigenvalue weighted by Crippen LogP contribution is -2.38. The third-order valence-electron chi connectivity index (χ3n) is 5.50. The molecule has 1 saturated heterocycles. The molecule has 1 aromatic carbocycles. The molecule has 1 unspecified atom stereocenters. The van der Waals surface area contributed by atoms with Gasteiger partial charge in [0.2, 0.25) is 5.89 Å². The molecule has 138 valence electrons. The maximum Gasteiger partial charge on any atom is 0.240 e. The molecule has 2 heterocycles. The summed E-state index contributed by atoms with van der Waals surface area (Å²) in [7, 11) is 0. The number of aromatic nitrogens is 2. The molecular weight excluding hydrogens is 326 g/mol. The van der Waals surface area contributed by atoms with Crippen LogP contribution in [0.25, 0.3) is 0 Å². The Morgan fingerprint density at radius 2 is 2.04 bits per heavy atom. The molecule has 0 radical (unpaired) electrons. The summed E-state index contributed by atoms with van der Waals surface area (Å²) in [5.41, 5.74) is 1.24. The van der Waals surface area contributed by atoms with Crippen molar-refractivity contribution in [1.29, 1.82) is 0 Å². The Kier molecular flexibility index (Phi) is 5.44. The second-order valence-corrected chi connectivity index (χ2v) is 7.78. The quantitative estimate of drug-likeness (QED) is 0.728. The number of rotatable bonds is 8. The topological polar surface area (TPSA) is 59.2 Å². The van der Waals surface area contributed by atoms with E-state index in [0.717, 1.165) is 50.5 Å². The van der Waals surface area contributed by atoms with Crippen LogP contribution in [0, 0.1) is 11.8 Å². The third kappa shape index (κ3) is 4.79. The summed E-state index contributed by atoms with van der Waals surface area (Å²) in [5.74, 6) is 2.83. The number of ketones is 1. The summed E-state index contributed by atoms with van der Waals surface area (Å²) in [6.45, 7) is 2.48. The first-order chi connectivity index (χ1) is 12.8. The fraction of sp³-hybridized carbons (Fsp3) is 0.571. The molecule has 5 nitrogen and oxygen atoms in total. The number of hydrogen-bond acceptors (Lipinski definition) is 5. The van der Waals surface area contributed by atoms with E-state index in [1.807, 2.05) is 18.2 Å². The average molecular weight is 353 g/mol. The number of carbonyl (C=O) groups is 1. The Balaban J connectivity index is 1.26. The Labute approximate surface area is 154 Å². The highest BCUT2D eigenvalue weighted by Gasteiger charge is 2.27. The Morgan fingerprint density at radius 3 is 2.85 bits per heavy atom. The summed E-state index contributed by atoms with van der Waals surface area (Å²) in [6.07, 6.45) is 7.07. The number of nitrogens with zero attached hydrogens (tertiary/aromatic N) is 3. The smallest absolute Gasteiger partial charge is 0.240 e. The molecule has 26 heavy (non-hydrogen) atoms. The van der Waals surface area contributed by atoms with E-state index in [1.54, 1.807) is 0 Å². The summed E-state index contributed by atoms with van der Waals surface area (Å²) in [6, 6.07) is 10.3. The van der Waals surface area contributed by atoms with Crippen LogP contribution < -0.4 is 0 Å². The highest BCUT2D eigenvalue weighted by Crippen LogP contribution is 2.31. The maximum atomic E-state index is 12.6. The monoisotopic (exact) mass is 353 g/mol. The molecule has 2 aliphatic rings. The molecule has 0 N–H and O–H groups in total. The van der Waals surface area contributed by atoms with Crippen LogP contribution >= 0.6 is 0 Å². The van der Waals surface area contributed by atoms with Crippen LogP contribution in [0.4, 0.5) is 0 Å². The van der Waals surface area contributed by atoms with Crippen molar-refractivity contribution in [1.82, 2.24) is 15.0 Å². The van der Waals surface area contributed by atoms with Gasteiger partial charge in [-0.05, 0) is 50.1 Å². The molecule has 1 aliphatic carbocycles. The van der Waals surface area contributed by atoms with Gasteiger partial charge in [0.05, 0.1) is 6.54 Å². The van der Waals surface area contributed by atoms with Crippen molar-refractivity contribution in [3.8, 4) is 0 Å². The van der Waals surface area contributed by atoms with E-state index in [0.29, 0.717) is 24.6 Å². The highest BCUT2D eigenvalue weighted by molar-refractivity contribution is 5.81. The molecule has 0 spiro atoms. The molecule has 1 aliphatic heterocycles. The first kappa shape index (κ1) is 17.4. The number of likely N-dealkylation sites (tertiary alicyclic amines) is 1. The molecule has 4 rings (SSSR count). The van der Waals surface area contributed by atoms with Gasteiger partial charge in [-0.25, -0.2) is 0 Å². The van der Waals surface area contributed by atoms with Gasteiger partial charge in [0.15, 0.2) is 5.82 Å². The van der Waals surface area contributed by atoms with Gasteiger partial charge >= 0.3 is 0 Å². The second kappa shape index (κ2) is 8.12. The molecule has 2 fully saturated rings. The minimum atomic E-state index is 0.140. The normalized spacial score (nSPS) is 21.0. The van der Waals surface area contributed by atoms with Gasteiger partial charge in [-0.1, -0.05) is 35.5 Å². The van der Waals surface area contributed by atoms with Gasteiger partial charge in [-0.2, -0.15) is 4.98 Å². The number of benzene rings is 1. The molecule has 0 bridgehead atoms. The van der Waals surface area contributed by atoms with Crippen LogP contribution in [-0.2, 0) is 24.2 Å². The molecule has 0 amide bonds. The Bertz CT molecular complexity index is 724. The summed E-state index contributed by atoms with van der Waals surface area (Å²) >= 11 is 0. The summed E-state index contributed by atoms with van der Waals surface area (Å²) in [5, 5.41) is 4.10. The van der Waals surface area contributed by atoms with Crippen molar-refractivity contribution in [2.75, 3.05) is 13.1 Å². The number of carbonyl (C=O) groups excluding carboxylic acids is 1. The minimum Gasteiger partial charge on any atom is -0.338 e. The van der Waals surface area contributed by atoms with Gasteiger partial charge in [-0.15, -0.1) is 0 Å². The van der Waals surface area contributed by atoms with Crippen LogP contribution in [-0.4, -0.2) is 33.9 Å². The molecular formula is C21H27N3O2. The first-order valence-corrected chi connectivity index (χ1v) is 9.87. The molecule has 5 heteroatoms. The van der Waals surface area contributed by atoms with E-state index in [1.165, 1.54) is 18.4 Å².